The zero-order valence-electron chi connectivity index (χ0n) is 26.2. The molecule has 0 N–H and O–H groups in total. The van der Waals surface area contributed by atoms with Gasteiger partial charge >= 0.3 is 0 Å². The third kappa shape index (κ3) is 5.54. The van der Waals surface area contributed by atoms with Crippen molar-refractivity contribution in [1.29, 1.82) is 0 Å². The molecule has 0 saturated carbocycles. The van der Waals surface area contributed by atoms with E-state index in [1.54, 1.807) is 11.3 Å². The fourth-order valence-electron chi connectivity index (χ4n) is 6.14. The molecule has 0 aliphatic heterocycles. The van der Waals surface area contributed by atoms with Gasteiger partial charge in [0, 0.05) is 43.3 Å². The Bertz CT molecular complexity index is 2530. The molecule has 0 amide bonds. The van der Waals surface area contributed by atoms with E-state index in [0.29, 0.717) is 23.3 Å². The van der Waals surface area contributed by atoms with Gasteiger partial charge in [-0.3, -0.25) is 0 Å². The molecule has 0 aliphatic carbocycles. The summed E-state index contributed by atoms with van der Waals surface area (Å²) in [5, 5.41) is 2.29. The lowest BCUT2D eigenvalue weighted by atomic mass is 10.0. The van der Waals surface area contributed by atoms with Crippen molar-refractivity contribution in [3.05, 3.63) is 164 Å². The average molecular weight is 646 g/mol. The zero-order valence-corrected chi connectivity index (χ0v) is 27.0. The lowest BCUT2D eigenvalue weighted by Gasteiger charge is -2.10. The molecule has 3 heterocycles. The molecule has 0 radical (unpaired) electrons. The molecule has 0 atom stereocenters. The first-order valence-electron chi connectivity index (χ1n) is 16.1. The normalized spacial score (nSPS) is 11.3. The van der Waals surface area contributed by atoms with Crippen LogP contribution in [0, 0.1) is 0 Å². The molecule has 0 spiro atoms. The second-order valence-corrected chi connectivity index (χ2v) is 12.8. The third-order valence-corrected chi connectivity index (χ3v) is 9.65. The summed E-state index contributed by atoms with van der Waals surface area (Å²) in [4.78, 5) is 25.9. The Labute approximate surface area is 287 Å². The van der Waals surface area contributed by atoms with Crippen LogP contribution in [0.3, 0.4) is 0 Å². The molecule has 9 rings (SSSR count). The lowest BCUT2D eigenvalue weighted by Crippen LogP contribution is -2.00. The number of thiophene rings is 1. The molecule has 6 aromatic carbocycles. The second-order valence-electron chi connectivity index (χ2n) is 11.7. The molecule has 0 bridgehead atoms. The zero-order chi connectivity index (χ0) is 32.6. The SMILES string of the molecule is c1ccc(-c2nc(-c3ccccc3)nc(-c3ccc(-c4cccc(-c5nc(-c6ccccc6)c6c(n5)sc5ccccc56)c4)cc3)n2)cc1. The molecule has 3 aromatic heterocycles. The first-order chi connectivity index (χ1) is 24.3. The Morgan fingerprint density at radius 2 is 0.796 bits per heavy atom. The van der Waals surface area contributed by atoms with Crippen LogP contribution in [0.1, 0.15) is 0 Å². The highest BCUT2D eigenvalue weighted by Crippen LogP contribution is 2.39. The van der Waals surface area contributed by atoms with Gasteiger partial charge in [0.1, 0.15) is 4.83 Å². The van der Waals surface area contributed by atoms with Crippen molar-refractivity contribution in [3.63, 3.8) is 0 Å². The highest BCUT2D eigenvalue weighted by Gasteiger charge is 2.17. The summed E-state index contributed by atoms with van der Waals surface area (Å²) in [7, 11) is 0. The average Bonchev–Trinajstić information content (AvgIpc) is 3.57. The van der Waals surface area contributed by atoms with Crippen LogP contribution in [0.5, 0.6) is 0 Å². The van der Waals surface area contributed by atoms with Gasteiger partial charge in [-0.2, -0.15) is 0 Å². The van der Waals surface area contributed by atoms with Crippen LogP contribution in [0.25, 0.3) is 88.2 Å². The first-order valence-corrected chi connectivity index (χ1v) is 16.9. The van der Waals surface area contributed by atoms with Crippen molar-refractivity contribution in [2.24, 2.45) is 0 Å². The van der Waals surface area contributed by atoms with Crippen LogP contribution in [0.4, 0.5) is 0 Å². The maximum absolute atomic E-state index is 5.19. The number of aromatic nitrogens is 5. The Balaban J connectivity index is 1.10. The van der Waals surface area contributed by atoms with Gasteiger partial charge < -0.3 is 0 Å². The summed E-state index contributed by atoms with van der Waals surface area (Å²) in [6, 6.07) is 55.8. The van der Waals surface area contributed by atoms with Gasteiger partial charge in [-0.1, -0.05) is 152 Å². The molecule has 230 valence electrons. The van der Waals surface area contributed by atoms with E-state index in [1.165, 1.54) is 10.1 Å². The van der Waals surface area contributed by atoms with Crippen LogP contribution in [-0.4, -0.2) is 24.9 Å². The van der Waals surface area contributed by atoms with Crippen molar-refractivity contribution >= 4 is 31.6 Å². The monoisotopic (exact) mass is 645 g/mol. The molecule has 5 nitrogen and oxygen atoms in total. The second kappa shape index (κ2) is 12.3. The minimum absolute atomic E-state index is 0.631. The van der Waals surface area contributed by atoms with Crippen molar-refractivity contribution in [1.82, 2.24) is 24.9 Å². The molecule has 0 aliphatic rings. The third-order valence-electron chi connectivity index (χ3n) is 8.58. The number of hydrogen-bond acceptors (Lipinski definition) is 6. The minimum atomic E-state index is 0.631. The van der Waals surface area contributed by atoms with Gasteiger partial charge in [-0.05, 0) is 23.3 Å². The van der Waals surface area contributed by atoms with Gasteiger partial charge in [-0.15, -0.1) is 11.3 Å². The number of nitrogens with zero attached hydrogens (tertiary/aromatic N) is 5. The highest BCUT2D eigenvalue weighted by atomic mass is 32.1. The van der Waals surface area contributed by atoms with Gasteiger partial charge in [0.15, 0.2) is 23.3 Å². The van der Waals surface area contributed by atoms with Crippen LogP contribution < -0.4 is 0 Å². The number of hydrogen-bond donors (Lipinski definition) is 0. The quantitative estimate of drug-likeness (QED) is 0.180. The molecular formula is C43H27N5S. The molecule has 9 aromatic rings. The van der Waals surface area contributed by atoms with Gasteiger partial charge in [0.25, 0.3) is 0 Å². The molecule has 0 fully saturated rings. The lowest BCUT2D eigenvalue weighted by molar-refractivity contribution is 1.07. The maximum Gasteiger partial charge on any atom is 0.164 e. The van der Waals surface area contributed by atoms with E-state index in [2.05, 4.69) is 97.1 Å². The Morgan fingerprint density at radius 3 is 1.43 bits per heavy atom. The van der Waals surface area contributed by atoms with E-state index >= 15 is 0 Å². The fourth-order valence-corrected chi connectivity index (χ4v) is 7.22. The topological polar surface area (TPSA) is 64.5 Å². The molecule has 6 heteroatoms. The van der Waals surface area contributed by atoms with E-state index in [4.69, 9.17) is 24.9 Å². The van der Waals surface area contributed by atoms with Crippen LogP contribution in [0.15, 0.2) is 164 Å². The molecule has 49 heavy (non-hydrogen) atoms. The standard InChI is InChI=1S/C43H27N5S/c1-4-13-29(14-5-1)38-37-35-21-10-11-22-36(35)49-43(37)48-42(44-38)34-20-12-19-33(27-34)28-23-25-32(26-24-28)41-46-39(30-15-6-2-7-16-30)45-40(47-41)31-17-8-3-9-18-31/h1-27H. The highest BCUT2D eigenvalue weighted by molar-refractivity contribution is 7.25. The van der Waals surface area contributed by atoms with E-state index < -0.39 is 0 Å². The smallest absolute Gasteiger partial charge is 0.164 e. The Hall–Kier alpha value is -6.37. The van der Waals surface area contributed by atoms with Crippen LogP contribution in [0.2, 0.25) is 0 Å². The van der Waals surface area contributed by atoms with Gasteiger partial charge in [-0.25, -0.2) is 24.9 Å². The molecule has 0 saturated heterocycles. The summed E-state index contributed by atoms with van der Waals surface area (Å²) >= 11 is 1.71. The van der Waals surface area contributed by atoms with Crippen molar-refractivity contribution in [2.45, 2.75) is 0 Å². The predicted octanol–water partition coefficient (Wildman–Crippen LogP) is 11.0. The van der Waals surface area contributed by atoms with E-state index in [0.717, 1.165) is 54.9 Å². The Morgan fingerprint density at radius 1 is 0.327 bits per heavy atom. The molecular weight excluding hydrogens is 619 g/mol. The number of rotatable bonds is 6. The fraction of sp³-hybridized carbons (Fsp3) is 0. The maximum atomic E-state index is 5.19. The van der Waals surface area contributed by atoms with Crippen molar-refractivity contribution < 1.29 is 0 Å². The predicted molar refractivity (Wildman–Crippen MR) is 201 cm³/mol. The number of benzene rings is 6. The van der Waals surface area contributed by atoms with Crippen molar-refractivity contribution in [3.8, 4) is 67.9 Å². The summed E-state index contributed by atoms with van der Waals surface area (Å²) in [5.41, 5.74) is 7.98. The van der Waals surface area contributed by atoms with Crippen molar-refractivity contribution in [2.75, 3.05) is 0 Å². The van der Waals surface area contributed by atoms with Crippen LogP contribution >= 0.6 is 11.3 Å². The largest absolute Gasteiger partial charge is 0.227 e. The summed E-state index contributed by atoms with van der Waals surface area (Å²) < 4.78 is 1.21. The summed E-state index contributed by atoms with van der Waals surface area (Å²) in [5.74, 6) is 2.63. The summed E-state index contributed by atoms with van der Waals surface area (Å²) in [6.07, 6.45) is 0. The summed E-state index contributed by atoms with van der Waals surface area (Å²) in [6.45, 7) is 0. The van der Waals surface area contributed by atoms with E-state index in [-0.39, 0.29) is 0 Å². The Kier molecular flexibility index (Phi) is 7.26. The van der Waals surface area contributed by atoms with Crippen LogP contribution in [-0.2, 0) is 0 Å². The number of fused-ring (bicyclic) bond motifs is 3. The van der Waals surface area contributed by atoms with E-state index in [9.17, 15) is 0 Å². The van der Waals surface area contributed by atoms with Gasteiger partial charge in [0.05, 0.1) is 5.69 Å². The molecule has 0 unspecified atom stereocenters. The van der Waals surface area contributed by atoms with E-state index in [1.807, 2.05) is 66.7 Å². The first kappa shape index (κ1) is 28.8. The minimum Gasteiger partial charge on any atom is -0.227 e. The van der Waals surface area contributed by atoms with Gasteiger partial charge in [0.2, 0.25) is 0 Å².